The Hall–Kier alpha value is -2.15. The van der Waals surface area contributed by atoms with Crippen molar-refractivity contribution in [3.63, 3.8) is 0 Å². The molecule has 1 aromatic heterocycles. The number of nitrogens with zero attached hydrogens (tertiary/aromatic N) is 2. The molecule has 28 heavy (non-hydrogen) atoms. The number of nitrogens with one attached hydrogen (secondary N) is 2. The predicted molar refractivity (Wildman–Crippen MR) is 80.7 cm³/mol. The van der Waals surface area contributed by atoms with Gasteiger partial charge in [0.1, 0.15) is 5.82 Å². The third-order valence-electron chi connectivity index (χ3n) is 2.96. The molecule has 0 amide bonds. The zero-order valence-electron chi connectivity index (χ0n) is 12.8. The molecule has 4 nitrogen and oxygen atoms in total. The Labute approximate surface area is 159 Å². The van der Waals surface area contributed by atoms with Crippen LogP contribution in [0.15, 0.2) is 18.2 Å². The first kappa shape index (κ1) is 22.1. The maximum Gasteiger partial charge on any atom is 0.451 e. The first-order valence-electron chi connectivity index (χ1n) is 6.71. The van der Waals surface area contributed by atoms with Gasteiger partial charge in [-0.3, -0.25) is 10.9 Å². The van der Waals surface area contributed by atoms with E-state index < -0.39 is 57.2 Å². The fraction of sp³-hybridized carbons (Fsp3) is 0.231. The quantitative estimate of drug-likeness (QED) is 0.419. The summed E-state index contributed by atoms with van der Waals surface area (Å²) in [6.45, 7) is 0. The Balaban J connectivity index is 2.37. The van der Waals surface area contributed by atoms with Gasteiger partial charge in [-0.15, -0.1) is 0 Å². The van der Waals surface area contributed by atoms with Crippen molar-refractivity contribution in [1.82, 2.24) is 9.97 Å². The van der Waals surface area contributed by atoms with Crippen molar-refractivity contribution in [3.8, 4) is 0 Å². The van der Waals surface area contributed by atoms with E-state index in [2.05, 4.69) is 9.97 Å². The molecule has 0 aliphatic rings. The highest BCUT2D eigenvalue weighted by Crippen LogP contribution is 2.39. The van der Waals surface area contributed by atoms with Crippen LogP contribution < -0.4 is 10.9 Å². The molecule has 0 saturated heterocycles. The van der Waals surface area contributed by atoms with Crippen molar-refractivity contribution in [2.45, 2.75) is 18.5 Å². The molecular formula is C13H5Cl2F9N4. The van der Waals surface area contributed by atoms with Crippen molar-refractivity contribution in [3.05, 3.63) is 45.3 Å². The molecule has 1 aromatic carbocycles. The van der Waals surface area contributed by atoms with Crippen LogP contribution in [-0.2, 0) is 18.5 Å². The molecule has 0 atom stereocenters. The summed E-state index contributed by atoms with van der Waals surface area (Å²) in [4.78, 5) is 5.27. The van der Waals surface area contributed by atoms with Gasteiger partial charge in [0.25, 0.3) is 0 Å². The van der Waals surface area contributed by atoms with E-state index in [-0.39, 0.29) is 6.07 Å². The van der Waals surface area contributed by atoms with Crippen LogP contribution in [0.1, 0.15) is 17.1 Å². The smallest absolute Gasteiger partial charge is 0.297 e. The van der Waals surface area contributed by atoms with E-state index in [0.29, 0.717) is 12.1 Å². The minimum Gasteiger partial charge on any atom is -0.297 e. The number of hydrazine groups is 1. The highest BCUT2D eigenvalue weighted by molar-refractivity contribution is 6.39. The second-order valence-electron chi connectivity index (χ2n) is 5.02. The van der Waals surface area contributed by atoms with Crippen LogP contribution >= 0.6 is 23.2 Å². The van der Waals surface area contributed by atoms with Crippen LogP contribution in [0.3, 0.4) is 0 Å². The second-order valence-corrected chi connectivity index (χ2v) is 5.83. The monoisotopic (exact) mass is 458 g/mol. The van der Waals surface area contributed by atoms with Gasteiger partial charge in [0, 0.05) is 6.07 Å². The first-order chi connectivity index (χ1) is 12.6. The molecule has 1 heterocycles. The van der Waals surface area contributed by atoms with E-state index in [9.17, 15) is 39.5 Å². The van der Waals surface area contributed by atoms with E-state index in [1.54, 1.807) is 0 Å². The number of halogens is 11. The molecule has 0 fully saturated rings. The maximum atomic E-state index is 12.7. The molecule has 2 aromatic rings. The summed E-state index contributed by atoms with van der Waals surface area (Å²) in [7, 11) is 0. The molecule has 0 unspecified atom stereocenters. The lowest BCUT2D eigenvalue weighted by atomic mass is 10.2. The fourth-order valence-corrected chi connectivity index (χ4v) is 2.35. The predicted octanol–water partition coefficient (Wildman–Crippen LogP) is 6.28. The van der Waals surface area contributed by atoms with Gasteiger partial charge in [-0.05, 0) is 12.1 Å². The van der Waals surface area contributed by atoms with Gasteiger partial charge in [0.2, 0.25) is 5.82 Å². The Bertz CT molecular complexity index is 823. The molecule has 2 N–H and O–H groups in total. The fourth-order valence-electron chi connectivity index (χ4n) is 1.77. The largest absolute Gasteiger partial charge is 0.451 e. The summed E-state index contributed by atoms with van der Waals surface area (Å²) < 4.78 is 114. The summed E-state index contributed by atoms with van der Waals surface area (Å²) in [6.07, 6.45) is -15.3. The molecule has 0 spiro atoms. The van der Waals surface area contributed by atoms with Crippen LogP contribution in [0.25, 0.3) is 0 Å². The Kier molecular flexibility index (Phi) is 5.81. The highest BCUT2D eigenvalue weighted by Gasteiger charge is 2.40. The maximum absolute atomic E-state index is 12.7. The summed E-state index contributed by atoms with van der Waals surface area (Å²) >= 11 is 11.3. The molecule has 154 valence electrons. The average molecular weight is 459 g/mol. The summed E-state index contributed by atoms with van der Waals surface area (Å²) in [6, 6.07) is 1.06. The topological polar surface area (TPSA) is 49.8 Å². The minimum absolute atomic E-state index is 0.147. The van der Waals surface area contributed by atoms with Gasteiger partial charge in [0.15, 0.2) is 5.69 Å². The van der Waals surface area contributed by atoms with Crippen LogP contribution in [0.4, 0.5) is 51.0 Å². The van der Waals surface area contributed by atoms with Crippen LogP contribution in [0.5, 0.6) is 0 Å². The van der Waals surface area contributed by atoms with Crippen molar-refractivity contribution < 1.29 is 39.5 Å². The van der Waals surface area contributed by atoms with Crippen LogP contribution in [0.2, 0.25) is 10.0 Å². The van der Waals surface area contributed by atoms with Gasteiger partial charge in [-0.25, -0.2) is 9.97 Å². The molecule has 0 bridgehead atoms. The molecule has 0 saturated carbocycles. The van der Waals surface area contributed by atoms with Crippen molar-refractivity contribution in [1.29, 1.82) is 0 Å². The summed E-state index contributed by atoms with van der Waals surface area (Å²) in [5.41, 5.74) is 0.355. The van der Waals surface area contributed by atoms with Crippen molar-refractivity contribution >= 4 is 34.7 Å². The molecule has 15 heteroatoms. The van der Waals surface area contributed by atoms with Crippen LogP contribution in [-0.4, -0.2) is 9.97 Å². The third kappa shape index (κ3) is 5.22. The third-order valence-corrected chi connectivity index (χ3v) is 3.55. The van der Waals surface area contributed by atoms with Gasteiger partial charge < -0.3 is 0 Å². The molecule has 0 aliphatic carbocycles. The van der Waals surface area contributed by atoms with E-state index in [4.69, 9.17) is 23.2 Å². The SMILES string of the molecule is FC(F)(F)c1cc(Cl)c(NNc2cc(C(F)(F)F)nc(C(F)(F)F)n2)c(Cl)c1. The number of hydrogen-bond donors (Lipinski definition) is 2. The lowest BCUT2D eigenvalue weighted by Crippen LogP contribution is -2.20. The van der Waals surface area contributed by atoms with E-state index in [0.717, 1.165) is 0 Å². The molecular weight excluding hydrogens is 454 g/mol. The van der Waals surface area contributed by atoms with Gasteiger partial charge in [0.05, 0.1) is 21.3 Å². The number of benzene rings is 1. The second kappa shape index (κ2) is 7.35. The molecule has 0 radical (unpaired) electrons. The lowest BCUT2D eigenvalue weighted by Gasteiger charge is -2.16. The Morgan fingerprint density at radius 1 is 0.679 bits per heavy atom. The Morgan fingerprint density at radius 2 is 1.21 bits per heavy atom. The van der Waals surface area contributed by atoms with Crippen LogP contribution in [0, 0.1) is 0 Å². The van der Waals surface area contributed by atoms with Crippen molar-refractivity contribution in [2.24, 2.45) is 0 Å². The van der Waals surface area contributed by atoms with E-state index >= 15 is 0 Å². The van der Waals surface area contributed by atoms with E-state index in [1.807, 2.05) is 10.9 Å². The Morgan fingerprint density at radius 3 is 1.64 bits per heavy atom. The minimum atomic E-state index is -5.29. The first-order valence-corrected chi connectivity index (χ1v) is 7.46. The number of alkyl halides is 9. The molecule has 2 rings (SSSR count). The van der Waals surface area contributed by atoms with E-state index in [1.165, 1.54) is 0 Å². The van der Waals surface area contributed by atoms with Crippen molar-refractivity contribution in [2.75, 3.05) is 10.9 Å². The van der Waals surface area contributed by atoms with Gasteiger partial charge >= 0.3 is 18.5 Å². The number of aromatic nitrogens is 2. The standard InChI is InChI=1S/C13H5Cl2F9N4/c14-5-1-4(11(16,17)18)2-6(15)9(5)28-27-8-3-7(12(19,20)21)25-10(26-8)13(22,23)24/h1-3,28H,(H,25,26,27). The summed E-state index contributed by atoms with van der Waals surface area (Å²) in [5, 5.41) is -1.21. The normalized spacial score (nSPS) is 12.8. The average Bonchev–Trinajstić information content (AvgIpc) is 2.51. The zero-order chi connectivity index (χ0) is 21.5. The number of hydrogen-bond acceptors (Lipinski definition) is 4. The highest BCUT2D eigenvalue weighted by atomic mass is 35.5. The zero-order valence-corrected chi connectivity index (χ0v) is 14.3. The summed E-state index contributed by atoms with van der Waals surface area (Å²) in [5.74, 6) is -3.07. The molecule has 0 aliphatic heterocycles. The van der Waals surface area contributed by atoms with Gasteiger partial charge in [-0.1, -0.05) is 23.2 Å². The lowest BCUT2D eigenvalue weighted by molar-refractivity contribution is -0.152. The number of rotatable bonds is 3. The number of anilines is 2. The van der Waals surface area contributed by atoms with Gasteiger partial charge in [-0.2, -0.15) is 39.5 Å².